The molecule has 1 atom stereocenters. The summed E-state index contributed by atoms with van der Waals surface area (Å²) in [6, 6.07) is 16.0. The molecule has 6 heteroatoms. The zero-order chi connectivity index (χ0) is 19.0. The van der Waals surface area contributed by atoms with E-state index in [1.165, 1.54) is 24.8 Å². The van der Waals surface area contributed by atoms with Crippen LogP contribution in [0.2, 0.25) is 0 Å². The number of aliphatic carboxylic acids is 1. The molecule has 0 radical (unpaired) electrons. The Labute approximate surface area is 154 Å². The predicted octanol–water partition coefficient (Wildman–Crippen LogP) is 3.73. The summed E-state index contributed by atoms with van der Waals surface area (Å²) in [5.74, 6) is -0.545. The molecule has 2 rings (SSSR count). The Kier molecular flexibility index (Phi) is 7.21. The first-order valence-electron chi connectivity index (χ1n) is 8.57. The van der Waals surface area contributed by atoms with Gasteiger partial charge in [0.15, 0.2) is 9.84 Å². The van der Waals surface area contributed by atoms with Gasteiger partial charge in [-0.15, -0.1) is 0 Å². The van der Waals surface area contributed by atoms with Crippen LogP contribution in [0, 0.1) is 0 Å². The van der Waals surface area contributed by atoms with Crippen molar-refractivity contribution in [1.82, 2.24) is 0 Å². The van der Waals surface area contributed by atoms with Gasteiger partial charge in [0.25, 0.3) is 0 Å². The molecule has 0 aliphatic rings. The number of carboxylic acids is 1. The third-order valence-electron chi connectivity index (χ3n) is 4.31. The molecule has 0 amide bonds. The first kappa shape index (κ1) is 20.0. The minimum atomic E-state index is -3.70. The van der Waals surface area contributed by atoms with Gasteiger partial charge >= 0.3 is 5.97 Å². The van der Waals surface area contributed by atoms with Gasteiger partial charge in [-0.05, 0) is 49.1 Å². The summed E-state index contributed by atoms with van der Waals surface area (Å²) in [5.41, 5.74) is 1.19. The number of hydrogen-bond donors (Lipinski definition) is 1. The Morgan fingerprint density at radius 1 is 1.04 bits per heavy atom. The number of sulfone groups is 1. The lowest BCUT2D eigenvalue weighted by atomic mass is 10.1. The summed E-state index contributed by atoms with van der Waals surface area (Å²) >= 11 is 0. The molecule has 2 aromatic rings. The van der Waals surface area contributed by atoms with Crippen molar-refractivity contribution < 1.29 is 23.1 Å². The van der Waals surface area contributed by atoms with E-state index in [4.69, 9.17) is 9.84 Å². The van der Waals surface area contributed by atoms with Gasteiger partial charge in [0.05, 0.1) is 23.7 Å². The summed E-state index contributed by atoms with van der Waals surface area (Å²) < 4.78 is 30.7. The van der Waals surface area contributed by atoms with Crippen LogP contribution in [0.3, 0.4) is 0 Å². The Balaban J connectivity index is 2.03. The Hall–Kier alpha value is -2.34. The molecule has 5 nitrogen and oxygen atoms in total. The lowest BCUT2D eigenvalue weighted by Crippen LogP contribution is -2.25. The molecule has 0 saturated carbocycles. The van der Waals surface area contributed by atoms with E-state index in [-0.39, 0.29) is 11.3 Å². The second-order valence-electron chi connectivity index (χ2n) is 6.17. The first-order chi connectivity index (χ1) is 12.4. The predicted molar refractivity (Wildman–Crippen MR) is 100 cm³/mol. The topological polar surface area (TPSA) is 80.7 Å². The third-order valence-corrected chi connectivity index (χ3v) is 6.52. The van der Waals surface area contributed by atoms with Crippen LogP contribution in [-0.4, -0.2) is 31.9 Å². The van der Waals surface area contributed by atoms with Gasteiger partial charge in [-0.1, -0.05) is 36.8 Å². The molecule has 0 fully saturated rings. The van der Waals surface area contributed by atoms with Crippen LogP contribution in [0.1, 0.15) is 31.2 Å². The quantitative estimate of drug-likeness (QED) is 0.639. The van der Waals surface area contributed by atoms with Gasteiger partial charge in [0.2, 0.25) is 0 Å². The largest absolute Gasteiger partial charge is 0.497 e. The normalized spacial score (nSPS) is 12.5. The number of carbonyl (C=O) groups is 1. The third kappa shape index (κ3) is 5.59. The SMILES string of the molecule is COc1ccc(S(=O)(=O)C(CCCCc2ccccc2)CC(=O)O)cc1. The second-order valence-corrected chi connectivity index (χ2v) is 8.40. The fraction of sp³-hybridized carbons (Fsp3) is 0.350. The molecule has 1 unspecified atom stereocenters. The van der Waals surface area contributed by atoms with Crippen LogP contribution < -0.4 is 4.74 Å². The molecule has 0 aliphatic carbocycles. The molecule has 140 valence electrons. The van der Waals surface area contributed by atoms with Gasteiger partial charge < -0.3 is 9.84 Å². The number of methoxy groups -OCH3 is 1. The number of hydrogen-bond acceptors (Lipinski definition) is 4. The maximum absolute atomic E-state index is 12.8. The van der Waals surface area contributed by atoms with E-state index in [2.05, 4.69) is 0 Å². The van der Waals surface area contributed by atoms with Crippen LogP contribution >= 0.6 is 0 Å². The van der Waals surface area contributed by atoms with E-state index < -0.39 is 21.1 Å². The summed E-state index contributed by atoms with van der Waals surface area (Å²) in [4.78, 5) is 11.3. The molecule has 0 spiro atoms. The Morgan fingerprint density at radius 3 is 2.27 bits per heavy atom. The molecule has 1 N–H and O–H groups in total. The summed E-state index contributed by atoms with van der Waals surface area (Å²) in [7, 11) is -2.20. The standard InChI is InChI=1S/C20H24O5S/c1-25-17-11-13-18(14-12-17)26(23,24)19(15-20(21)22)10-6-5-9-16-7-3-2-4-8-16/h2-4,7-8,11-14,19H,5-6,9-10,15H2,1H3,(H,21,22). The van der Waals surface area contributed by atoms with E-state index in [9.17, 15) is 13.2 Å². The van der Waals surface area contributed by atoms with E-state index in [1.54, 1.807) is 12.1 Å². The van der Waals surface area contributed by atoms with Crippen LogP contribution in [0.5, 0.6) is 5.75 Å². The number of rotatable bonds is 10. The zero-order valence-electron chi connectivity index (χ0n) is 14.8. The van der Waals surface area contributed by atoms with Crippen molar-refractivity contribution in [3.05, 3.63) is 60.2 Å². The molecule has 0 bridgehead atoms. The van der Waals surface area contributed by atoms with Crippen molar-refractivity contribution in [3.63, 3.8) is 0 Å². The summed E-state index contributed by atoms with van der Waals surface area (Å²) in [6.07, 6.45) is 2.26. The molecule has 0 aromatic heterocycles. The van der Waals surface area contributed by atoms with Crippen LogP contribution in [0.4, 0.5) is 0 Å². The highest BCUT2D eigenvalue weighted by molar-refractivity contribution is 7.92. The summed E-state index contributed by atoms with van der Waals surface area (Å²) in [5, 5.41) is 8.20. The van der Waals surface area contributed by atoms with Crippen molar-refractivity contribution in [2.45, 2.75) is 42.2 Å². The average Bonchev–Trinajstić information content (AvgIpc) is 2.64. The minimum absolute atomic E-state index is 0.132. The molecule has 0 saturated heterocycles. The lowest BCUT2D eigenvalue weighted by molar-refractivity contribution is -0.137. The van der Waals surface area contributed by atoms with E-state index in [1.807, 2.05) is 30.3 Å². The lowest BCUT2D eigenvalue weighted by Gasteiger charge is -2.16. The van der Waals surface area contributed by atoms with E-state index >= 15 is 0 Å². The van der Waals surface area contributed by atoms with Gasteiger partial charge in [0, 0.05) is 0 Å². The molecule has 0 heterocycles. The van der Waals surface area contributed by atoms with Crippen molar-refractivity contribution in [3.8, 4) is 5.75 Å². The highest BCUT2D eigenvalue weighted by Gasteiger charge is 2.29. The molecular weight excluding hydrogens is 352 g/mol. The Bertz CT molecular complexity index is 798. The fourth-order valence-electron chi connectivity index (χ4n) is 2.87. The van der Waals surface area contributed by atoms with Crippen molar-refractivity contribution in [2.75, 3.05) is 7.11 Å². The van der Waals surface area contributed by atoms with Gasteiger partial charge in [0.1, 0.15) is 5.75 Å². The molecule has 2 aromatic carbocycles. The molecule has 26 heavy (non-hydrogen) atoms. The monoisotopic (exact) mass is 376 g/mol. The minimum Gasteiger partial charge on any atom is -0.497 e. The van der Waals surface area contributed by atoms with Crippen LogP contribution in [0.25, 0.3) is 0 Å². The average molecular weight is 376 g/mol. The number of benzene rings is 2. The first-order valence-corrected chi connectivity index (χ1v) is 10.1. The smallest absolute Gasteiger partial charge is 0.304 e. The maximum atomic E-state index is 12.8. The highest BCUT2D eigenvalue weighted by atomic mass is 32.2. The van der Waals surface area contributed by atoms with Gasteiger partial charge in [-0.25, -0.2) is 8.42 Å². The molecular formula is C20H24O5S. The van der Waals surface area contributed by atoms with Crippen molar-refractivity contribution in [1.29, 1.82) is 0 Å². The van der Waals surface area contributed by atoms with Crippen LogP contribution in [-0.2, 0) is 21.1 Å². The van der Waals surface area contributed by atoms with Crippen molar-refractivity contribution >= 4 is 15.8 Å². The number of carboxylic acid groups (broad SMARTS) is 1. The maximum Gasteiger partial charge on any atom is 0.304 e. The van der Waals surface area contributed by atoms with E-state index in [0.29, 0.717) is 18.6 Å². The second kappa shape index (κ2) is 9.38. The number of aryl methyl sites for hydroxylation is 1. The van der Waals surface area contributed by atoms with Crippen molar-refractivity contribution in [2.24, 2.45) is 0 Å². The van der Waals surface area contributed by atoms with Gasteiger partial charge in [-0.2, -0.15) is 0 Å². The van der Waals surface area contributed by atoms with Crippen LogP contribution in [0.15, 0.2) is 59.5 Å². The Morgan fingerprint density at radius 2 is 1.69 bits per heavy atom. The number of unbranched alkanes of at least 4 members (excludes halogenated alkanes) is 1. The fourth-order valence-corrected chi connectivity index (χ4v) is 4.60. The highest BCUT2D eigenvalue weighted by Crippen LogP contribution is 2.25. The number of ether oxygens (including phenoxy) is 1. The van der Waals surface area contributed by atoms with E-state index in [0.717, 1.165) is 12.8 Å². The van der Waals surface area contributed by atoms with Gasteiger partial charge in [-0.3, -0.25) is 4.79 Å². The zero-order valence-corrected chi connectivity index (χ0v) is 15.6. The summed E-state index contributed by atoms with van der Waals surface area (Å²) in [6.45, 7) is 0. The molecule has 0 aliphatic heterocycles.